The Hall–Kier alpha value is -2.76. The summed E-state index contributed by atoms with van der Waals surface area (Å²) in [7, 11) is 0. The van der Waals surface area contributed by atoms with Crippen molar-refractivity contribution in [2.24, 2.45) is 11.8 Å². The highest BCUT2D eigenvalue weighted by atomic mass is 16.4. The second kappa shape index (κ2) is 8.19. The van der Waals surface area contributed by atoms with Gasteiger partial charge in [-0.3, -0.25) is 9.59 Å². The summed E-state index contributed by atoms with van der Waals surface area (Å²) >= 11 is 0. The Morgan fingerprint density at radius 1 is 1.21 bits per heavy atom. The average Bonchev–Trinajstić information content (AvgIpc) is 2.58. The first-order chi connectivity index (χ1) is 11.5. The number of carbonyl (C=O) groups is 2. The molecule has 2 rings (SSSR count). The molecule has 2 N–H and O–H groups in total. The first kappa shape index (κ1) is 17.6. The SMILES string of the molecule is CC(C)CC(CNC(=O)c1cncnc1-c1ccccc1)C(=O)O. The third-order valence-electron chi connectivity index (χ3n) is 3.62. The fourth-order valence-electron chi connectivity index (χ4n) is 2.47. The molecule has 126 valence electrons. The van der Waals surface area contributed by atoms with Crippen molar-refractivity contribution < 1.29 is 14.7 Å². The van der Waals surface area contributed by atoms with Crippen molar-refractivity contribution >= 4 is 11.9 Å². The van der Waals surface area contributed by atoms with Gasteiger partial charge in [0.15, 0.2) is 0 Å². The van der Waals surface area contributed by atoms with Gasteiger partial charge in [0.1, 0.15) is 6.33 Å². The van der Waals surface area contributed by atoms with E-state index in [0.717, 1.165) is 5.56 Å². The third kappa shape index (κ3) is 4.62. The smallest absolute Gasteiger partial charge is 0.308 e. The lowest BCUT2D eigenvalue weighted by Crippen LogP contribution is -2.34. The Balaban J connectivity index is 2.15. The van der Waals surface area contributed by atoms with Crippen molar-refractivity contribution in [2.45, 2.75) is 20.3 Å². The van der Waals surface area contributed by atoms with Gasteiger partial charge in [-0.25, -0.2) is 9.97 Å². The normalized spacial score (nSPS) is 12.0. The van der Waals surface area contributed by atoms with Crippen LogP contribution in [0.15, 0.2) is 42.9 Å². The van der Waals surface area contributed by atoms with Gasteiger partial charge in [-0.2, -0.15) is 0 Å². The molecule has 0 saturated heterocycles. The largest absolute Gasteiger partial charge is 0.481 e. The zero-order valence-electron chi connectivity index (χ0n) is 13.8. The van der Waals surface area contributed by atoms with Gasteiger partial charge >= 0.3 is 5.97 Å². The number of rotatable bonds is 7. The van der Waals surface area contributed by atoms with Gasteiger partial charge in [0.05, 0.1) is 17.2 Å². The van der Waals surface area contributed by atoms with Gasteiger partial charge in [0, 0.05) is 18.3 Å². The van der Waals surface area contributed by atoms with Crippen LogP contribution in [0.5, 0.6) is 0 Å². The maximum Gasteiger partial charge on any atom is 0.308 e. The highest BCUT2D eigenvalue weighted by Gasteiger charge is 2.21. The molecule has 6 nitrogen and oxygen atoms in total. The van der Waals surface area contributed by atoms with Gasteiger partial charge < -0.3 is 10.4 Å². The van der Waals surface area contributed by atoms with Crippen LogP contribution in [0.25, 0.3) is 11.3 Å². The molecule has 1 unspecified atom stereocenters. The molecule has 0 radical (unpaired) electrons. The van der Waals surface area contributed by atoms with Crippen LogP contribution in [0.3, 0.4) is 0 Å². The van der Waals surface area contributed by atoms with E-state index in [0.29, 0.717) is 17.7 Å². The Morgan fingerprint density at radius 2 is 1.92 bits per heavy atom. The molecule has 2 aromatic rings. The number of nitrogens with one attached hydrogen (secondary N) is 1. The quantitative estimate of drug-likeness (QED) is 0.815. The first-order valence-electron chi connectivity index (χ1n) is 7.85. The van der Waals surface area contributed by atoms with Crippen molar-refractivity contribution in [2.75, 3.05) is 6.54 Å². The summed E-state index contributed by atoms with van der Waals surface area (Å²) in [6.07, 6.45) is 3.34. The molecule has 1 atom stereocenters. The Labute approximate surface area is 141 Å². The molecular formula is C18H21N3O3. The predicted octanol–water partition coefficient (Wildman–Crippen LogP) is 2.62. The van der Waals surface area contributed by atoms with E-state index in [9.17, 15) is 14.7 Å². The topological polar surface area (TPSA) is 92.2 Å². The van der Waals surface area contributed by atoms with Crippen LogP contribution < -0.4 is 5.32 Å². The summed E-state index contributed by atoms with van der Waals surface area (Å²) in [5.74, 6) is -1.65. The van der Waals surface area contributed by atoms with Crippen LogP contribution in [0.1, 0.15) is 30.6 Å². The number of carboxylic acids is 1. The van der Waals surface area contributed by atoms with Gasteiger partial charge in [-0.1, -0.05) is 44.2 Å². The van der Waals surface area contributed by atoms with E-state index in [1.807, 2.05) is 44.2 Å². The number of aromatic nitrogens is 2. The van der Waals surface area contributed by atoms with Gasteiger partial charge in [-0.15, -0.1) is 0 Å². The van der Waals surface area contributed by atoms with E-state index in [4.69, 9.17) is 0 Å². The summed E-state index contributed by atoms with van der Waals surface area (Å²) in [6, 6.07) is 9.33. The van der Waals surface area contributed by atoms with E-state index < -0.39 is 11.9 Å². The summed E-state index contributed by atoms with van der Waals surface area (Å²) in [5.41, 5.74) is 1.67. The minimum atomic E-state index is -0.906. The van der Waals surface area contributed by atoms with Gasteiger partial charge in [0.25, 0.3) is 5.91 Å². The van der Waals surface area contributed by atoms with Crippen molar-refractivity contribution in [1.29, 1.82) is 0 Å². The van der Waals surface area contributed by atoms with Gasteiger partial charge in [0.2, 0.25) is 0 Å². The van der Waals surface area contributed by atoms with E-state index >= 15 is 0 Å². The Bertz CT molecular complexity index is 702. The monoisotopic (exact) mass is 327 g/mol. The number of hydrogen-bond acceptors (Lipinski definition) is 4. The molecule has 0 spiro atoms. The summed E-state index contributed by atoms with van der Waals surface area (Å²) < 4.78 is 0. The van der Waals surface area contributed by atoms with E-state index in [-0.39, 0.29) is 18.4 Å². The molecule has 24 heavy (non-hydrogen) atoms. The maximum absolute atomic E-state index is 12.5. The van der Waals surface area contributed by atoms with Crippen LogP contribution in [0, 0.1) is 11.8 Å². The van der Waals surface area contributed by atoms with Crippen LogP contribution in [-0.2, 0) is 4.79 Å². The molecule has 0 saturated carbocycles. The lowest BCUT2D eigenvalue weighted by atomic mass is 9.97. The Morgan fingerprint density at radius 3 is 2.54 bits per heavy atom. The van der Waals surface area contributed by atoms with Crippen LogP contribution in [0.4, 0.5) is 0 Å². The van der Waals surface area contributed by atoms with Crippen molar-refractivity contribution in [1.82, 2.24) is 15.3 Å². The molecule has 0 aliphatic rings. The van der Waals surface area contributed by atoms with Gasteiger partial charge in [-0.05, 0) is 12.3 Å². The van der Waals surface area contributed by atoms with Crippen molar-refractivity contribution in [3.05, 3.63) is 48.4 Å². The number of hydrogen-bond donors (Lipinski definition) is 2. The van der Waals surface area contributed by atoms with Crippen LogP contribution >= 0.6 is 0 Å². The summed E-state index contributed by atoms with van der Waals surface area (Å²) in [6.45, 7) is 3.99. The molecule has 6 heteroatoms. The molecular weight excluding hydrogens is 306 g/mol. The highest BCUT2D eigenvalue weighted by Crippen LogP contribution is 2.20. The minimum absolute atomic E-state index is 0.0788. The van der Waals surface area contributed by atoms with Crippen molar-refractivity contribution in [3.8, 4) is 11.3 Å². The van der Waals surface area contributed by atoms with E-state index in [2.05, 4.69) is 15.3 Å². The predicted molar refractivity (Wildman–Crippen MR) is 90.4 cm³/mol. The number of benzene rings is 1. The zero-order valence-corrected chi connectivity index (χ0v) is 13.8. The van der Waals surface area contributed by atoms with Crippen LogP contribution in [0.2, 0.25) is 0 Å². The number of aliphatic carboxylic acids is 1. The summed E-state index contributed by atoms with van der Waals surface area (Å²) in [5, 5.41) is 12.0. The lowest BCUT2D eigenvalue weighted by Gasteiger charge is -2.16. The van der Waals surface area contributed by atoms with Crippen molar-refractivity contribution in [3.63, 3.8) is 0 Å². The number of carboxylic acid groups (broad SMARTS) is 1. The number of amides is 1. The highest BCUT2D eigenvalue weighted by molar-refractivity contribution is 5.99. The number of carbonyl (C=O) groups excluding carboxylic acids is 1. The molecule has 0 fully saturated rings. The third-order valence-corrected chi connectivity index (χ3v) is 3.62. The average molecular weight is 327 g/mol. The maximum atomic E-state index is 12.5. The van der Waals surface area contributed by atoms with Crippen LogP contribution in [-0.4, -0.2) is 33.5 Å². The standard InChI is InChI=1S/C18H21N3O3/c1-12(2)8-14(18(23)24)9-20-17(22)15-10-19-11-21-16(15)13-6-4-3-5-7-13/h3-7,10-12,14H,8-9H2,1-2H3,(H,20,22)(H,23,24). The second-order valence-corrected chi connectivity index (χ2v) is 6.03. The molecule has 1 aromatic carbocycles. The fourth-order valence-corrected chi connectivity index (χ4v) is 2.47. The molecule has 0 aliphatic carbocycles. The molecule has 1 aromatic heterocycles. The minimum Gasteiger partial charge on any atom is -0.481 e. The number of nitrogens with zero attached hydrogens (tertiary/aromatic N) is 2. The molecule has 0 aliphatic heterocycles. The van der Waals surface area contributed by atoms with E-state index in [1.165, 1.54) is 12.5 Å². The zero-order chi connectivity index (χ0) is 17.5. The summed E-state index contributed by atoms with van der Waals surface area (Å²) in [4.78, 5) is 31.9. The molecule has 1 heterocycles. The molecule has 0 bridgehead atoms. The Kier molecular flexibility index (Phi) is 6.01. The second-order valence-electron chi connectivity index (χ2n) is 6.03. The lowest BCUT2D eigenvalue weighted by molar-refractivity contribution is -0.142. The fraction of sp³-hybridized carbons (Fsp3) is 0.333. The molecule has 1 amide bonds. The first-order valence-corrected chi connectivity index (χ1v) is 7.85. The van der Waals surface area contributed by atoms with E-state index in [1.54, 1.807) is 0 Å².